The molecule has 0 aliphatic rings. The number of nitrogens with zero attached hydrogens (tertiary/aromatic N) is 2. The lowest BCUT2D eigenvalue weighted by Crippen LogP contribution is -1.87. The largest absolute Gasteiger partial charge is 0.399 e. The maximum Gasteiger partial charge on any atom is 0.0992 e. The van der Waals surface area contributed by atoms with Gasteiger partial charge in [0.25, 0.3) is 0 Å². The van der Waals surface area contributed by atoms with E-state index in [0.717, 1.165) is 12.1 Å². The quantitative estimate of drug-likeness (QED) is 0.709. The summed E-state index contributed by atoms with van der Waals surface area (Å²) in [5.41, 5.74) is 10.4. The predicted molar refractivity (Wildman–Crippen MR) is 88.1 cm³/mol. The van der Waals surface area contributed by atoms with Crippen LogP contribution in [-0.2, 0) is 6.42 Å². The predicted octanol–water partition coefficient (Wildman–Crippen LogP) is 3.45. The Hall–Kier alpha value is -3.06. The van der Waals surface area contributed by atoms with Crippen LogP contribution in [0.5, 0.6) is 0 Å². The SMILES string of the molecule is Cc1ccc(Cc2cnc[nH]2)cc1.N#Cc1cccc(N)c1. The second-order valence-corrected chi connectivity index (χ2v) is 4.98. The van der Waals surface area contributed by atoms with Crippen LogP contribution in [-0.4, -0.2) is 9.97 Å². The molecule has 22 heavy (non-hydrogen) atoms. The van der Waals surface area contributed by atoms with Gasteiger partial charge in [-0.15, -0.1) is 0 Å². The van der Waals surface area contributed by atoms with E-state index in [-0.39, 0.29) is 0 Å². The number of anilines is 1. The number of imidazole rings is 1. The van der Waals surface area contributed by atoms with Crippen molar-refractivity contribution in [3.63, 3.8) is 0 Å². The number of aromatic nitrogens is 2. The van der Waals surface area contributed by atoms with E-state index in [1.165, 1.54) is 11.1 Å². The highest BCUT2D eigenvalue weighted by molar-refractivity contribution is 5.44. The molecule has 0 radical (unpaired) electrons. The zero-order valence-corrected chi connectivity index (χ0v) is 12.5. The first-order valence-electron chi connectivity index (χ1n) is 6.96. The molecule has 0 amide bonds. The molecule has 0 saturated heterocycles. The molecule has 4 nitrogen and oxygen atoms in total. The summed E-state index contributed by atoms with van der Waals surface area (Å²) in [5, 5.41) is 8.36. The van der Waals surface area contributed by atoms with Crippen molar-refractivity contribution < 1.29 is 0 Å². The maximum absolute atomic E-state index is 8.36. The molecule has 4 heteroatoms. The number of benzene rings is 2. The number of aromatic amines is 1. The number of nitriles is 1. The average Bonchev–Trinajstić information content (AvgIpc) is 3.03. The zero-order valence-electron chi connectivity index (χ0n) is 12.5. The van der Waals surface area contributed by atoms with Crippen LogP contribution in [0, 0.1) is 18.3 Å². The summed E-state index contributed by atoms with van der Waals surface area (Å²) in [6.45, 7) is 2.10. The summed E-state index contributed by atoms with van der Waals surface area (Å²) in [4.78, 5) is 7.07. The number of rotatable bonds is 2. The Bertz CT molecular complexity index is 738. The van der Waals surface area contributed by atoms with Gasteiger partial charge in [0, 0.05) is 24.0 Å². The summed E-state index contributed by atoms with van der Waals surface area (Å²) in [6, 6.07) is 17.4. The van der Waals surface area contributed by atoms with Gasteiger partial charge in [-0.25, -0.2) is 4.98 Å². The van der Waals surface area contributed by atoms with Crippen LogP contribution >= 0.6 is 0 Å². The lowest BCUT2D eigenvalue weighted by molar-refractivity contribution is 1.10. The Labute approximate surface area is 130 Å². The number of hydrogen-bond donors (Lipinski definition) is 2. The van der Waals surface area contributed by atoms with E-state index in [2.05, 4.69) is 41.2 Å². The third kappa shape index (κ3) is 4.80. The molecule has 3 aromatic rings. The van der Waals surface area contributed by atoms with E-state index >= 15 is 0 Å². The second-order valence-electron chi connectivity index (χ2n) is 4.98. The van der Waals surface area contributed by atoms with Gasteiger partial charge in [0.15, 0.2) is 0 Å². The van der Waals surface area contributed by atoms with Crippen LogP contribution in [0.25, 0.3) is 0 Å². The normalized spacial score (nSPS) is 9.45. The first-order chi connectivity index (χ1) is 10.7. The number of H-pyrrole nitrogens is 1. The Morgan fingerprint density at radius 1 is 1.18 bits per heavy atom. The highest BCUT2D eigenvalue weighted by Gasteiger charge is 1.95. The zero-order chi connectivity index (χ0) is 15.8. The van der Waals surface area contributed by atoms with Crippen molar-refractivity contribution in [2.24, 2.45) is 0 Å². The van der Waals surface area contributed by atoms with Crippen molar-refractivity contribution in [2.45, 2.75) is 13.3 Å². The Balaban J connectivity index is 0.000000172. The first-order valence-corrected chi connectivity index (χ1v) is 6.96. The number of nitrogens with two attached hydrogens (primary N) is 1. The summed E-state index contributed by atoms with van der Waals surface area (Å²) >= 11 is 0. The molecule has 0 aliphatic heterocycles. The molecule has 1 aromatic heterocycles. The minimum absolute atomic E-state index is 0.606. The minimum atomic E-state index is 0.606. The van der Waals surface area contributed by atoms with Gasteiger partial charge in [-0.1, -0.05) is 35.9 Å². The second kappa shape index (κ2) is 7.65. The van der Waals surface area contributed by atoms with Crippen LogP contribution in [0.4, 0.5) is 5.69 Å². The Morgan fingerprint density at radius 2 is 1.95 bits per heavy atom. The summed E-state index contributed by atoms with van der Waals surface area (Å²) in [5.74, 6) is 0. The van der Waals surface area contributed by atoms with Gasteiger partial charge in [0.2, 0.25) is 0 Å². The summed E-state index contributed by atoms with van der Waals surface area (Å²) < 4.78 is 0. The monoisotopic (exact) mass is 290 g/mol. The molecule has 0 fully saturated rings. The van der Waals surface area contributed by atoms with Crippen LogP contribution < -0.4 is 5.73 Å². The molecule has 0 unspecified atom stereocenters. The molecule has 0 atom stereocenters. The molecule has 3 rings (SSSR count). The van der Waals surface area contributed by atoms with Crippen molar-refractivity contribution in [1.82, 2.24) is 9.97 Å². The smallest absolute Gasteiger partial charge is 0.0992 e. The van der Waals surface area contributed by atoms with Gasteiger partial charge in [-0.05, 0) is 30.7 Å². The number of nitrogens with one attached hydrogen (secondary N) is 1. The Morgan fingerprint density at radius 3 is 2.50 bits per heavy atom. The summed E-state index contributed by atoms with van der Waals surface area (Å²) in [7, 11) is 0. The van der Waals surface area contributed by atoms with Gasteiger partial charge in [-0.2, -0.15) is 5.26 Å². The molecular weight excluding hydrogens is 272 g/mol. The van der Waals surface area contributed by atoms with Crippen LogP contribution in [0.3, 0.4) is 0 Å². The standard InChI is InChI=1S/C11H12N2.C7H6N2/c1-9-2-4-10(5-3-9)6-11-7-12-8-13-11;8-5-6-2-1-3-7(9)4-6/h2-5,7-8H,6H2,1H3,(H,12,13);1-4H,9H2. The lowest BCUT2D eigenvalue weighted by atomic mass is 10.1. The third-order valence-corrected chi connectivity index (χ3v) is 3.09. The number of aryl methyl sites for hydroxylation is 1. The molecule has 3 N–H and O–H groups in total. The van der Waals surface area contributed by atoms with Gasteiger partial charge >= 0.3 is 0 Å². The van der Waals surface area contributed by atoms with Crippen molar-refractivity contribution in [3.05, 3.63) is 83.4 Å². The fourth-order valence-electron chi connectivity index (χ4n) is 1.92. The van der Waals surface area contributed by atoms with E-state index < -0.39 is 0 Å². The van der Waals surface area contributed by atoms with Crippen molar-refractivity contribution in [1.29, 1.82) is 5.26 Å². The molecule has 0 aliphatic carbocycles. The van der Waals surface area contributed by atoms with Crippen LogP contribution in [0.2, 0.25) is 0 Å². The van der Waals surface area contributed by atoms with Gasteiger partial charge in [-0.3, -0.25) is 0 Å². The molecule has 0 saturated carbocycles. The molecular formula is C18H18N4. The van der Waals surface area contributed by atoms with Crippen molar-refractivity contribution in [2.75, 3.05) is 5.73 Å². The Kier molecular flexibility index (Phi) is 5.33. The minimum Gasteiger partial charge on any atom is -0.399 e. The molecule has 110 valence electrons. The fourth-order valence-corrected chi connectivity index (χ4v) is 1.92. The van der Waals surface area contributed by atoms with E-state index in [9.17, 15) is 0 Å². The van der Waals surface area contributed by atoms with Crippen molar-refractivity contribution in [3.8, 4) is 6.07 Å². The van der Waals surface area contributed by atoms with E-state index in [0.29, 0.717) is 11.3 Å². The first kappa shape index (κ1) is 15.3. The maximum atomic E-state index is 8.36. The number of hydrogen-bond acceptors (Lipinski definition) is 3. The molecule has 1 heterocycles. The highest BCUT2D eigenvalue weighted by Crippen LogP contribution is 2.07. The van der Waals surface area contributed by atoms with E-state index in [1.807, 2.05) is 12.3 Å². The molecule has 2 aromatic carbocycles. The van der Waals surface area contributed by atoms with Gasteiger partial charge < -0.3 is 10.7 Å². The fraction of sp³-hybridized carbons (Fsp3) is 0.111. The van der Waals surface area contributed by atoms with Crippen molar-refractivity contribution >= 4 is 5.69 Å². The third-order valence-electron chi connectivity index (χ3n) is 3.09. The topological polar surface area (TPSA) is 78.5 Å². The average molecular weight is 290 g/mol. The van der Waals surface area contributed by atoms with Crippen LogP contribution in [0.1, 0.15) is 22.4 Å². The van der Waals surface area contributed by atoms with Gasteiger partial charge in [0.05, 0.1) is 18.0 Å². The van der Waals surface area contributed by atoms with E-state index in [1.54, 1.807) is 30.6 Å². The van der Waals surface area contributed by atoms with Gasteiger partial charge in [0.1, 0.15) is 0 Å². The number of nitrogen functional groups attached to an aromatic ring is 1. The summed E-state index contributed by atoms with van der Waals surface area (Å²) in [6.07, 6.45) is 4.50. The van der Waals surface area contributed by atoms with Crippen LogP contribution in [0.15, 0.2) is 61.1 Å². The lowest BCUT2D eigenvalue weighted by Gasteiger charge is -1.98. The molecule has 0 bridgehead atoms. The molecule has 0 spiro atoms. The highest BCUT2D eigenvalue weighted by atomic mass is 14.9. The van der Waals surface area contributed by atoms with E-state index in [4.69, 9.17) is 11.0 Å².